The average Bonchev–Trinajstić information content (AvgIpc) is 3.97. The van der Waals surface area contributed by atoms with Crippen molar-refractivity contribution in [3.05, 3.63) is 109 Å². The van der Waals surface area contributed by atoms with E-state index in [9.17, 15) is 19.0 Å². The van der Waals surface area contributed by atoms with Gasteiger partial charge >= 0.3 is 19.8 Å². The molecular weight excluding hydrogens is 753 g/mol. The van der Waals surface area contributed by atoms with Crippen LogP contribution in [0.2, 0.25) is 0 Å². The molecule has 1 rings (SSSR count). The molecule has 0 aromatic heterocycles. The van der Waals surface area contributed by atoms with Gasteiger partial charge < -0.3 is 24.8 Å². The number of esters is 2. The van der Waals surface area contributed by atoms with Crippen molar-refractivity contribution in [3.8, 4) is 0 Å². The van der Waals surface area contributed by atoms with E-state index in [0.717, 1.165) is 64.2 Å². The van der Waals surface area contributed by atoms with E-state index in [0.29, 0.717) is 19.3 Å². The fraction of sp³-hybridized carbons (Fsp3) is 0.574. The van der Waals surface area contributed by atoms with Crippen LogP contribution in [0.3, 0.4) is 0 Å². The summed E-state index contributed by atoms with van der Waals surface area (Å²) in [4.78, 5) is 34.9. The molecule has 0 spiro atoms. The number of carbonyl (C=O) groups is 2. The average molecular weight is 828 g/mol. The molecule has 3 unspecified atom stereocenters. The Labute approximate surface area is 350 Å². The summed E-state index contributed by atoms with van der Waals surface area (Å²) in [5.74, 6) is -1.01. The number of nitrogens with two attached hydrogens (primary N) is 1. The molecule has 0 amide bonds. The minimum absolute atomic E-state index is 0.0259. The van der Waals surface area contributed by atoms with Gasteiger partial charge in [0.05, 0.1) is 25.4 Å². The highest BCUT2D eigenvalue weighted by atomic mass is 31.2. The quantitative estimate of drug-likeness (QED) is 0.0204. The van der Waals surface area contributed by atoms with Crippen LogP contribution in [-0.2, 0) is 37.4 Å². The number of hydrogen-bond donors (Lipinski definition) is 2. The van der Waals surface area contributed by atoms with Crippen molar-refractivity contribution in [2.24, 2.45) is 5.73 Å². The van der Waals surface area contributed by atoms with Crippen molar-refractivity contribution in [1.29, 1.82) is 0 Å². The number of ether oxygens (including phenoxy) is 3. The van der Waals surface area contributed by atoms with Gasteiger partial charge in [-0.25, -0.2) is 4.57 Å². The largest absolute Gasteiger partial charge is 0.472 e. The van der Waals surface area contributed by atoms with Crippen molar-refractivity contribution in [2.45, 2.75) is 148 Å². The molecule has 326 valence electrons. The van der Waals surface area contributed by atoms with Gasteiger partial charge in [-0.2, -0.15) is 0 Å². The van der Waals surface area contributed by atoms with E-state index in [2.05, 4.69) is 105 Å². The summed E-state index contributed by atoms with van der Waals surface area (Å²) in [6.45, 7) is 3.39. The van der Waals surface area contributed by atoms with Gasteiger partial charge in [-0.15, -0.1) is 0 Å². The van der Waals surface area contributed by atoms with Crippen LogP contribution in [0.4, 0.5) is 0 Å². The van der Waals surface area contributed by atoms with E-state index in [4.69, 9.17) is 29.0 Å². The Morgan fingerprint density at radius 3 is 1.69 bits per heavy atom. The van der Waals surface area contributed by atoms with Crippen LogP contribution in [0.25, 0.3) is 0 Å². The second kappa shape index (κ2) is 37.9. The smallest absolute Gasteiger partial charge is 0.462 e. The first-order chi connectivity index (χ1) is 28.3. The molecule has 1 aliphatic heterocycles. The Hall–Kier alpha value is -3.37. The van der Waals surface area contributed by atoms with Crippen LogP contribution < -0.4 is 5.73 Å². The fourth-order valence-electron chi connectivity index (χ4n) is 5.28. The molecule has 0 saturated carbocycles. The van der Waals surface area contributed by atoms with Gasteiger partial charge in [-0.3, -0.25) is 18.6 Å². The number of carbonyl (C=O) groups excluding carboxylic acids is 2. The predicted molar refractivity (Wildman–Crippen MR) is 237 cm³/mol. The number of rotatable bonds is 37. The summed E-state index contributed by atoms with van der Waals surface area (Å²) in [6.07, 6.45) is 53.1. The standard InChI is InChI=1S/C47H74NO9P/c1-3-5-7-9-11-13-14-15-16-17-18-19-20-21-22-24-26-28-33-37-46(49)53-41-43(42-55-58(51,52)54-40-39-48)56-47(50)38-34-30-29-32-36-45-44(57-45)35-31-27-25-23-12-10-8-6-4-2/h5,7,11-13,15-16,18-19,21-23,26-29,31-32,43-45H,3-4,6,8-10,14,17,20,24-25,30,33-42,48H2,1-2H3,(H,51,52)/b7-5-,13-11-,16-15-,19-18-,22-21-,23-12-,28-26-,31-27-,32-29-/t43-,44?,45?/m1/s1. The van der Waals surface area contributed by atoms with Crippen LogP contribution in [0.15, 0.2) is 109 Å². The SMILES string of the molecule is CC/C=C\C/C=C\C/C=C\C/C=C\C/C=C\C/C=C\CCC(=O)OC[C@H](COP(=O)(O)OCCN)OC(=O)CCC/C=C\CC1OC1C/C=C\C/C=C\CCCCC. The second-order valence-corrected chi connectivity index (χ2v) is 15.3. The van der Waals surface area contributed by atoms with Gasteiger partial charge in [0.15, 0.2) is 6.10 Å². The van der Waals surface area contributed by atoms with E-state index >= 15 is 0 Å². The number of phosphoric acid groups is 1. The highest BCUT2D eigenvalue weighted by Crippen LogP contribution is 2.43. The molecule has 0 radical (unpaired) electrons. The Bertz CT molecular complexity index is 1380. The topological polar surface area (TPSA) is 147 Å². The summed E-state index contributed by atoms with van der Waals surface area (Å²) >= 11 is 0. The highest BCUT2D eigenvalue weighted by Gasteiger charge is 2.36. The zero-order chi connectivity index (χ0) is 42.2. The molecule has 11 heteroatoms. The summed E-state index contributed by atoms with van der Waals surface area (Å²) in [5, 5.41) is 0. The Morgan fingerprint density at radius 1 is 0.621 bits per heavy atom. The number of epoxide rings is 1. The molecule has 1 heterocycles. The number of unbranched alkanes of at least 4 members (excludes halogenated alkanes) is 4. The lowest BCUT2D eigenvalue weighted by atomic mass is 10.1. The highest BCUT2D eigenvalue weighted by molar-refractivity contribution is 7.47. The van der Waals surface area contributed by atoms with Crippen molar-refractivity contribution >= 4 is 19.8 Å². The van der Waals surface area contributed by atoms with Gasteiger partial charge in [-0.1, -0.05) is 136 Å². The lowest BCUT2D eigenvalue weighted by Gasteiger charge is -2.19. The van der Waals surface area contributed by atoms with Gasteiger partial charge in [0.1, 0.15) is 6.61 Å². The maximum Gasteiger partial charge on any atom is 0.472 e. The summed E-state index contributed by atoms with van der Waals surface area (Å²) in [6, 6.07) is 0. The molecule has 1 fully saturated rings. The first kappa shape index (κ1) is 52.6. The molecule has 1 saturated heterocycles. The molecule has 0 aromatic carbocycles. The van der Waals surface area contributed by atoms with E-state index in [-0.39, 0.29) is 44.8 Å². The molecule has 4 atom stereocenters. The molecule has 0 aromatic rings. The summed E-state index contributed by atoms with van der Waals surface area (Å²) in [5.41, 5.74) is 5.34. The second-order valence-electron chi connectivity index (χ2n) is 13.9. The van der Waals surface area contributed by atoms with Crippen molar-refractivity contribution in [3.63, 3.8) is 0 Å². The van der Waals surface area contributed by atoms with Gasteiger partial charge in [0.25, 0.3) is 0 Å². The zero-order valence-electron chi connectivity index (χ0n) is 35.4. The van der Waals surface area contributed by atoms with Crippen molar-refractivity contribution < 1.29 is 42.3 Å². The van der Waals surface area contributed by atoms with Crippen LogP contribution in [-0.4, -0.2) is 61.5 Å². The third-order valence-corrected chi connectivity index (χ3v) is 9.54. The van der Waals surface area contributed by atoms with E-state index in [1.165, 1.54) is 19.3 Å². The zero-order valence-corrected chi connectivity index (χ0v) is 36.3. The molecule has 0 bridgehead atoms. The molecule has 58 heavy (non-hydrogen) atoms. The number of phosphoric ester groups is 1. The minimum Gasteiger partial charge on any atom is -0.462 e. The normalized spacial score (nSPS) is 17.9. The van der Waals surface area contributed by atoms with E-state index in [1.807, 2.05) is 18.2 Å². The number of hydrogen-bond acceptors (Lipinski definition) is 9. The maximum atomic E-state index is 12.6. The minimum atomic E-state index is -4.42. The Balaban J connectivity index is 2.30. The summed E-state index contributed by atoms with van der Waals surface area (Å²) in [7, 11) is -4.42. The maximum absolute atomic E-state index is 12.6. The van der Waals surface area contributed by atoms with Crippen LogP contribution in [0, 0.1) is 0 Å². The molecule has 0 aliphatic carbocycles. The lowest BCUT2D eigenvalue weighted by molar-refractivity contribution is -0.161. The van der Waals surface area contributed by atoms with E-state index < -0.39 is 32.5 Å². The monoisotopic (exact) mass is 828 g/mol. The third kappa shape index (κ3) is 34.7. The Morgan fingerprint density at radius 2 is 1.12 bits per heavy atom. The first-order valence-electron chi connectivity index (χ1n) is 21.5. The fourth-order valence-corrected chi connectivity index (χ4v) is 6.05. The molecule has 1 aliphatic rings. The van der Waals surface area contributed by atoms with Gasteiger partial charge in [0, 0.05) is 19.4 Å². The van der Waals surface area contributed by atoms with Crippen LogP contribution >= 0.6 is 7.82 Å². The molecular formula is C47H74NO9P. The lowest BCUT2D eigenvalue weighted by Crippen LogP contribution is -2.29. The predicted octanol–water partition coefficient (Wildman–Crippen LogP) is 11.4. The third-order valence-electron chi connectivity index (χ3n) is 8.56. The van der Waals surface area contributed by atoms with E-state index in [1.54, 1.807) is 0 Å². The van der Waals surface area contributed by atoms with Crippen LogP contribution in [0.5, 0.6) is 0 Å². The van der Waals surface area contributed by atoms with Gasteiger partial charge in [-0.05, 0) is 89.9 Å². The van der Waals surface area contributed by atoms with Crippen molar-refractivity contribution in [2.75, 3.05) is 26.4 Å². The number of allylic oxidation sites excluding steroid dienone is 16. The first-order valence-corrected chi connectivity index (χ1v) is 23.0. The van der Waals surface area contributed by atoms with Crippen molar-refractivity contribution in [1.82, 2.24) is 0 Å². The molecule has 3 N–H and O–H groups in total. The summed E-state index contributed by atoms with van der Waals surface area (Å²) < 4.78 is 38.4. The van der Waals surface area contributed by atoms with Crippen LogP contribution in [0.1, 0.15) is 129 Å². The van der Waals surface area contributed by atoms with Gasteiger partial charge in [0.2, 0.25) is 0 Å². The molecule has 10 nitrogen and oxygen atoms in total. The Kier molecular flexibility index (Phi) is 34.4.